The zero-order valence-electron chi connectivity index (χ0n) is 3.87. The van der Waals surface area contributed by atoms with Crippen LogP contribution in [0.3, 0.4) is 0 Å². The van der Waals surface area contributed by atoms with Gasteiger partial charge in [0.2, 0.25) is 0 Å². The Labute approximate surface area is 43.5 Å². The normalized spacial score (nSPS) is 4.86. The molecule has 0 unspecified atom stereocenters. The Bertz CT molecular complexity index is 18.4. The number of hydrogen-bond acceptors (Lipinski definition) is 5. The molecule has 0 fully saturated rings. The van der Waals surface area contributed by atoms with Gasteiger partial charge >= 0.3 is 15.4 Å². The molecule has 2 radical (unpaired) electrons. The Hall–Kier alpha value is -0.0701. The predicted octanol–water partition coefficient (Wildman–Crippen LogP) is -1.62. The van der Waals surface area contributed by atoms with Crippen LogP contribution in [0.2, 0.25) is 0 Å². The molecule has 0 bridgehead atoms. The van der Waals surface area contributed by atoms with Crippen molar-refractivity contribution < 1.29 is 14.6 Å². The van der Waals surface area contributed by atoms with Crippen LogP contribution in [-0.4, -0.2) is 25.4 Å². The topological polar surface area (TPSA) is 120 Å². The van der Waals surface area contributed by atoms with Gasteiger partial charge in [0.15, 0.2) is 0 Å². The van der Waals surface area contributed by atoms with E-state index in [1.54, 1.807) is 0 Å². The fourth-order valence-electron chi connectivity index (χ4n) is 0.0272. The fourth-order valence-corrected chi connectivity index (χ4v) is 0.0272. The molecule has 0 aromatic carbocycles. The van der Waals surface area contributed by atoms with Crippen molar-refractivity contribution in [3.05, 3.63) is 0 Å². The van der Waals surface area contributed by atoms with Crippen LogP contribution in [0.25, 0.3) is 0 Å². The highest BCUT2D eigenvalue weighted by Gasteiger charge is 1.80. The number of rotatable bonds is 2. The molecule has 0 amide bonds. The second-order valence-electron chi connectivity index (χ2n) is 0.347. The highest BCUT2D eigenvalue weighted by molar-refractivity contribution is 6.32. The summed E-state index contributed by atoms with van der Waals surface area (Å²) in [6, 6.07) is 0. The lowest BCUT2D eigenvalue weighted by Gasteiger charge is -1.78. The van der Waals surface area contributed by atoms with E-state index in [9.17, 15) is 0 Å². The molecule has 0 aliphatic carbocycles. The first kappa shape index (κ1) is 15.8. The third kappa shape index (κ3) is 24.6. The van der Waals surface area contributed by atoms with Crippen LogP contribution in [0, 0.1) is 0 Å². The monoisotopic (exact) mass is 106 g/mol. The van der Waals surface area contributed by atoms with Gasteiger partial charge in [-0.1, -0.05) is 0 Å². The van der Waals surface area contributed by atoms with Gasteiger partial charge in [0.05, 0.1) is 0 Å². The van der Waals surface area contributed by atoms with Gasteiger partial charge in [-0.05, 0) is 0 Å². The smallest absolute Gasteiger partial charge is 0.456 e. The van der Waals surface area contributed by atoms with Crippen molar-refractivity contribution in [2.24, 2.45) is 0 Å². The van der Waals surface area contributed by atoms with E-state index in [0.29, 0.717) is 15.4 Å². The fraction of sp³-hybridized carbons (Fsp3) is 0. The highest BCUT2D eigenvalue weighted by atomic mass is 16.5. The molecule has 0 atom stereocenters. The second kappa shape index (κ2) is 16.8. The molecule has 42 valence electrons. The molecule has 8 N–H and O–H groups in total. The van der Waals surface area contributed by atoms with Crippen LogP contribution >= 0.6 is 0 Å². The molecule has 0 aromatic heterocycles. The first-order chi connectivity index (χ1) is 2.41. The van der Waals surface area contributed by atoms with Gasteiger partial charge in [-0.25, -0.2) is 0 Å². The van der Waals surface area contributed by atoms with Crippen LogP contribution in [0.4, 0.5) is 0 Å². The summed E-state index contributed by atoms with van der Waals surface area (Å²) in [4.78, 5) is 0. The van der Waals surface area contributed by atoms with E-state index < -0.39 is 0 Å². The average molecular weight is 106 g/mol. The molecule has 0 heterocycles. The summed E-state index contributed by atoms with van der Waals surface area (Å²) >= 11 is 0. The Morgan fingerprint density at radius 3 is 1.29 bits per heavy atom. The Balaban J connectivity index is -0.0000000800. The summed E-state index contributed by atoms with van der Waals surface area (Å²) in [6.07, 6.45) is 0. The minimum absolute atomic E-state index is 0. The predicted molar refractivity (Wildman–Crippen MR) is 27.1 cm³/mol. The van der Waals surface area contributed by atoms with E-state index in [4.69, 9.17) is 10.0 Å². The van der Waals surface area contributed by atoms with Gasteiger partial charge in [-0.15, -0.1) is 0 Å². The Kier molecular flexibility index (Phi) is 37.8. The lowest BCUT2D eigenvalue weighted by molar-refractivity contribution is 0.408. The van der Waals surface area contributed by atoms with Gasteiger partial charge in [-0.2, -0.15) is 0 Å². The second-order valence-corrected chi connectivity index (χ2v) is 0.347. The maximum Gasteiger partial charge on any atom is 0.469 e. The summed E-state index contributed by atoms with van der Waals surface area (Å²) < 4.78 is 3.69. The zero-order chi connectivity index (χ0) is 4.12. The maximum atomic E-state index is 7.53. The quantitative estimate of drug-likeness (QED) is 0.315. The van der Waals surface area contributed by atoms with E-state index in [2.05, 4.69) is 4.57 Å². The first-order valence-corrected chi connectivity index (χ1v) is 0.988. The molecule has 7 heavy (non-hydrogen) atoms. The van der Waals surface area contributed by atoms with Gasteiger partial charge in [0.1, 0.15) is 0 Å². The summed E-state index contributed by atoms with van der Waals surface area (Å²) in [5.74, 6) is 0. The van der Waals surface area contributed by atoms with Gasteiger partial charge in [-0.3, -0.25) is 0 Å². The summed E-state index contributed by atoms with van der Waals surface area (Å²) in [6.45, 7) is 0. The van der Waals surface area contributed by atoms with Crippen LogP contribution in [0.15, 0.2) is 0 Å². The Morgan fingerprint density at radius 2 is 1.29 bits per heavy atom. The van der Waals surface area contributed by atoms with E-state index in [-0.39, 0.29) is 12.3 Å². The lowest BCUT2D eigenvalue weighted by Crippen LogP contribution is -2.00. The largest absolute Gasteiger partial charge is 0.469 e. The van der Waals surface area contributed by atoms with Crippen molar-refractivity contribution in [1.82, 2.24) is 12.3 Å². The molecule has 5 nitrogen and oxygen atoms in total. The molecule has 7 heteroatoms. The van der Waals surface area contributed by atoms with Crippen molar-refractivity contribution in [2.75, 3.05) is 0 Å². The van der Waals surface area contributed by atoms with E-state index in [1.807, 2.05) is 0 Å². The molecule has 0 aliphatic heterocycles. The standard InChI is InChI=1S/B2H2O3.2H3N/c3-1-5-2-4;;/h3-4H;2*1H3. The Morgan fingerprint density at radius 1 is 1.00 bits per heavy atom. The third-order valence-corrected chi connectivity index (χ3v) is 0.122. The van der Waals surface area contributed by atoms with E-state index in [1.165, 1.54) is 0 Å². The van der Waals surface area contributed by atoms with Crippen molar-refractivity contribution in [1.29, 1.82) is 0 Å². The molecule has 0 spiro atoms. The van der Waals surface area contributed by atoms with Crippen LogP contribution in [0.5, 0.6) is 0 Å². The molecule has 0 saturated carbocycles. The summed E-state index contributed by atoms with van der Waals surface area (Å²) in [7, 11) is 0.750. The molecule has 0 aliphatic rings. The minimum Gasteiger partial charge on any atom is -0.456 e. The van der Waals surface area contributed by atoms with Gasteiger partial charge < -0.3 is 26.9 Å². The number of hydrogen-bond donors (Lipinski definition) is 4. The first-order valence-electron chi connectivity index (χ1n) is 0.988. The van der Waals surface area contributed by atoms with E-state index in [0.717, 1.165) is 0 Å². The zero-order valence-corrected chi connectivity index (χ0v) is 3.87. The molecule has 0 rings (SSSR count). The minimum atomic E-state index is 0. The van der Waals surface area contributed by atoms with Gasteiger partial charge in [0, 0.05) is 0 Å². The summed E-state index contributed by atoms with van der Waals surface area (Å²) in [5.41, 5.74) is 0. The van der Waals surface area contributed by atoms with Gasteiger partial charge in [0.25, 0.3) is 0 Å². The lowest BCUT2D eigenvalue weighted by atomic mass is 10.3. The van der Waals surface area contributed by atoms with Crippen molar-refractivity contribution in [2.45, 2.75) is 0 Å². The van der Waals surface area contributed by atoms with Crippen molar-refractivity contribution in [3.8, 4) is 0 Å². The molecule has 0 aromatic rings. The van der Waals surface area contributed by atoms with Crippen LogP contribution in [0.1, 0.15) is 0 Å². The SMILES string of the molecule is N.N.O[B]O[B]O. The van der Waals surface area contributed by atoms with Crippen molar-refractivity contribution in [3.63, 3.8) is 0 Å². The summed E-state index contributed by atoms with van der Waals surface area (Å²) in [5, 5.41) is 15.1. The molecule has 0 saturated heterocycles. The van der Waals surface area contributed by atoms with E-state index >= 15 is 0 Å². The molecular formula is H8B2N2O3. The average Bonchev–Trinajstić information content (AvgIpc) is 1.41. The third-order valence-electron chi connectivity index (χ3n) is 0.122. The maximum absolute atomic E-state index is 7.53. The van der Waals surface area contributed by atoms with Crippen LogP contribution in [-0.2, 0) is 4.57 Å². The van der Waals surface area contributed by atoms with Crippen LogP contribution < -0.4 is 12.3 Å². The van der Waals surface area contributed by atoms with Crippen molar-refractivity contribution >= 4 is 15.4 Å². The molecular weight excluding hydrogens is 97.6 g/mol. The highest BCUT2D eigenvalue weighted by Crippen LogP contribution is 1.48.